The fourth-order valence-electron chi connectivity index (χ4n) is 1.80. The Hall–Kier alpha value is -2.10. The molecule has 0 amide bonds. The first-order chi connectivity index (χ1) is 10.3. The minimum atomic E-state index is -0.357. The minimum absolute atomic E-state index is 0.357. The highest BCUT2D eigenvalue weighted by molar-refractivity contribution is 5.81. The van der Waals surface area contributed by atoms with Gasteiger partial charge in [-0.15, -0.1) is 0 Å². The summed E-state index contributed by atoms with van der Waals surface area (Å²) in [5.41, 5.74) is 0.652. The molecular weight excluding hydrogens is 268 g/mol. The highest BCUT2D eigenvalue weighted by atomic mass is 16.5. The lowest BCUT2D eigenvalue weighted by atomic mass is 10.1. The SMILES string of the molecule is C=CC(=O)OCCCCCCCOc1ccc(C=O)cc1. The number of ether oxygens (including phenoxy) is 2. The van der Waals surface area contributed by atoms with E-state index in [0.29, 0.717) is 18.8 Å². The van der Waals surface area contributed by atoms with E-state index >= 15 is 0 Å². The van der Waals surface area contributed by atoms with E-state index in [0.717, 1.165) is 44.1 Å². The van der Waals surface area contributed by atoms with Crippen molar-refractivity contribution in [2.75, 3.05) is 13.2 Å². The molecule has 0 radical (unpaired) electrons. The third-order valence-corrected chi connectivity index (χ3v) is 2.98. The molecule has 114 valence electrons. The molecule has 0 atom stereocenters. The Morgan fingerprint density at radius 1 is 1.00 bits per heavy atom. The van der Waals surface area contributed by atoms with Crippen molar-refractivity contribution in [1.82, 2.24) is 0 Å². The standard InChI is InChI=1S/C17H22O4/c1-2-17(19)21-13-7-5-3-4-6-12-20-16-10-8-15(14-18)9-11-16/h2,8-11,14H,1,3-7,12-13H2. The number of unbranched alkanes of at least 4 members (excludes halogenated alkanes) is 4. The molecule has 0 bridgehead atoms. The predicted molar refractivity (Wildman–Crippen MR) is 81.6 cm³/mol. The van der Waals surface area contributed by atoms with Gasteiger partial charge in [0.15, 0.2) is 0 Å². The lowest BCUT2D eigenvalue weighted by molar-refractivity contribution is -0.137. The van der Waals surface area contributed by atoms with Gasteiger partial charge in [-0.25, -0.2) is 4.79 Å². The topological polar surface area (TPSA) is 52.6 Å². The normalized spacial score (nSPS) is 9.90. The van der Waals surface area contributed by atoms with Crippen LogP contribution in [0.4, 0.5) is 0 Å². The quantitative estimate of drug-likeness (QED) is 0.271. The summed E-state index contributed by atoms with van der Waals surface area (Å²) in [6.45, 7) is 4.47. The molecule has 0 N–H and O–H groups in total. The number of carbonyl (C=O) groups excluding carboxylic acids is 2. The molecule has 0 saturated carbocycles. The molecule has 4 heteroatoms. The molecule has 21 heavy (non-hydrogen) atoms. The summed E-state index contributed by atoms with van der Waals surface area (Å²) in [6.07, 6.45) is 7.09. The third kappa shape index (κ3) is 7.92. The number of benzene rings is 1. The van der Waals surface area contributed by atoms with Crippen LogP contribution < -0.4 is 4.74 Å². The summed E-state index contributed by atoms with van der Waals surface area (Å²) in [5.74, 6) is 0.431. The fraction of sp³-hybridized carbons (Fsp3) is 0.412. The van der Waals surface area contributed by atoms with Gasteiger partial charge in [-0.2, -0.15) is 0 Å². The molecule has 0 spiro atoms. The first kappa shape index (κ1) is 17.0. The Morgan fingerprint density at radius 2 is 1.62 bits per heavy atom. The molecule has 1 aromatic carbocycles. The Morgan fingerprint density at radius 3 is 2.24 bits per heavy atom. The summed E-state index contributed by atoms with van der Waals surface area (Å²) >= 11 is 0. The minimum Gasteiger partial charge on any atom is -0.494 e. The average molecular weight is 290 g/mol. The Kier molecular flexibility index (Phi) is 8.61. The van der Waals surface area contributed by atoms with Gasteiger partial charge in [-0.05, 0) is 37.1 Å². The number of carbonyl (C=O) groups is 2. The van der Waals surface area contributed by atoms with E-state index in [2.05, 4.69) is 6.58 Å². The predicted octanol–water partition coefficient (Wildman–Crippen LogP) is 3.56. The lowest BCUT2D eigenvalue weighted by Gasteiger charge is -2.06. The van der Waals surface area contributed by atoms with Gasteiger partial charge in [0, 0.05) is 11.6 Å². The number of esters is 1. The van der Waals surface area contributed by atoms with Crippen molar-refractivity contribution < 1.29 is 19.1 Å². The van der Waals surface area contributed by atoms with E-state index in [-0.39, 0.29) is 5.97 Å². The van der Waals surface area contributed by atoms with Crippen LogP contribution in [0.1, 0.15) is 42.5 Å². The van der Waals surface area contributed by atoms with Gasteiger partial charge < -0.3 is 9.47 Å². The average Bonchev–Trinajstić information content (AvgIpc) is 2.53. The van der Waals surface area contributed by atoms with Gasteiger partial charge in [0.05, 0.1) is 13.2 Å². The second kappa shape index (κ2) is 10.7. The van der Waals surface area contributed by atoms with Gasteiger partial charge in [-0.3, -0.25) is 4.79 Å². The fourth-order valence-corrected chi connectivity index (χ4v) is 1.80. The van der Waals surface area contributed by atoms with Crippen LogP contribution in [0.15, 0.2) is 36.9 Å². The molecule has 1 aromatic rings. The Bertz CT molecular complexity index is 437. The molecule has 4 nitrogen and oxygen atoms in total. The van der Waals surface area contributed by atoms with Crippen LogP contribution >= 0.6 is 0 Å². The van der Waals surface area contributed by atoms with Crippen LogP contribution in [0.25, 0.3) is 0 Å². The summed E-state index contributed by atoms with van der Waals surface area (Å²) in [5, 5.41) is 0. The van der Waals surface area contributed by atoms with E-state index < -0.39 is 0 Å². The van der Waals surface area contributed by atoms with Crippen molar-refractivity contribution in [2.45, 2.75) is 32.1 Å². The zero-order chi connectivity index (χ0) is 15.3. The van der Waals surface area contributed by atoms with Gasteiger partial charge in [0.1, 0.15) is 12.0 Å². The molecule has 0 aromatic heterocycles. The Balaban J connectivity index is 1.95. The summed E-state index contributed by atoms with van der Waals surface area (Å²) in [7, 11) is 0. The van der Waals surface area contributed by atoms with Crippen molar-refractivity contribution in [3.8, 4) is 5.75 Å². The number of hydrogen-bond acceptors (Lipinski definition) is 4. The molecule has 0 unspecified atom stereocenters. The van der Waals surface area contributed by atoms with Crippen LogP contribution in [0, 0.1) is 0 Å². The smallest absolute Gasteiger partial charge is 0.330 e. The first-order valence-corrected chi connectivity index (χ1v) is 7.23. The van der Waals surface area contributed by atoms with Gasteiger partial charge in [0.25, 0.3) is 0 Å². The maximum absolute atomic E-state index is 10.8. The van der Waals surface area contributed by atoms with Crippen molar-refractivity contribution in [3.63, 3.8) is 0 Å². The van der Waals surface area contributed by atoms with Gasteiger partial charge >= 0.3 is 5.97 Å². The second-order valence-corrected chi connectivity index (χ2v) is 4.67. The zero-order valence-electron chi connectivity index (χ0n) is 12.3. The summed E-state index contributed by atoms with van der Waals surface area (Å²) in [6, 6.07) is 7.09. The molecule has 0 fully saturated rings. The molecule has 0 aliphatic rings. The maximum Gasteiger partial charge on any atom is 0.330 e. The number of aldehydes is 1. The summed E-state index contributed by atoms with van der Waals surface area (Å²) < 4.78 is 10.5. The van der Waals surface area contributed by atoms with Crippen LogP contribution in [0.5, 0.6) is 5.75 Å². The number of hydrogen-bond donors (Lipinski definition) is 0. The molecule has 0 aliphatic carbocycles. The van der Waals surface area contributed by atoms with Crippen molar-refractivity contribution in [3.05, 3.63) is 42.5 Å². The molecule has 0 saturated heterocycles. The summed E-state index contributed by atoms with van der Waals surface area (Å²) in [4.78, 5) is 21.3. The van der Waals surface area contributed by atoms with E-state index in [1.165, 1.54) is 6.08 Å². The van der Waals surface area contributed by atoms with Crippen LogP contribution in [-0.4, -0.2) is 25.5 Å². The largest absolute Gasteiger partial charge is 0.494 e. The lowest BCUT2D eigenvalue weighted by Crippen LogP contribution is -2.01. The highest BCUT2D eigenvalue weighted by Crippen LogP contribution is 2.12. The first-order valence-electron chi connectivity index (χ1n) is 7.23. The molecule has 1 rings (SSSR count). The van der Waals surface area contributed by atoms with Crippen molar-refractivity contribution in [2.24, 2.45) is 0 Å². The third-order valence-electron chi connectivity index (χ3n) is 2.98. The second-order valence-electron chi connectivity index (χ2n) is 4.67. The highest BCUT2D eigenvalue weighted by Gasteiger charge is 1.97. The monoisotopic (exact) mass is 290 g/mol. The van der Waals surface area contributed by atoms with Crippen molar-refractivity contribution in [1.29, 1.82) is 0 Å². The van der Waals surface area contributed by atoms with Crippen LogP contribution in [0.3, 0.4) is 0 Å². The molecule has 0 heterocycles. The van der Waals surface area contributed by atoms with Crippen LogP contribution in [0.2, 0.25) is 0 Å². The van der Waals surface area contributed by atoms with E-state index in [4.69, 9.17) is 9.47 Å². The molecule has 0 aliphatic heterocycles. The maximum atomic E-state index is 10.8. The van der Waals surface area contributed by atoms with Gasteiger partial charge in [-0.1, -0.05) is 25.8 Å². The van der Waals surface area contributed by atoms with Gasteiger partial charge in [0.2, 0.25) is 0 Å². The Labute approximate surface area is 125 Å². The van der Waals surface area contributed by atoms with Crippen LogP contribution in [-0.2, 0) is 9.53 Å². The van der Waals surface area contributed by atoms with E-state index in [1.807, 2.05) is 0 Å². The zero-order valence-corrected chi connectivity index (χ0v) is 12.3. The van der Waals surface area contributed by atoms with Crippen molar-refractivity contribution >= 4 is 12.3 Å². The van der Waals surface area contributed by atoms with E-state index in [9.17, 15) is 9.59 Å². The number of rotatable bonds is 11. The molecular formula is C17H22O4. The van der Waals surface area contributed by atoms with E-state index in [1.54, 1.807) is 24.3 Å².